The number of nitrogens with one attached hydrogen (secondary N) is 1. The van der Waals surface area contributed by atoms with Crippen molar-refractivity contribution in [1.29, 1.82) is 0 Å². The Morgan fingerprint density at radius 2 is 1.84 bits per heavy atom. The normalized spacial score (nSPS) is 15.4. The fraction of sp³-hybridized carbons (Fsp3) is 0.0556. The molecule has 1 heterocycles. The van der Waals surface area contributed by atoms with E-state index < -0.39 is 12.6 Å². The van der Waals surface area contributed by atoms with Gasteiger partial charge in [-0.25, -0.2) is 4.79 Å². The first kappa shape index (κ1) is 16.7. The fourth-order valence-corrected chi connectivity index (χ4v) is 2.67. The van der Waals surface area contributed by atoms with Crippen LogP contribution in [-0.2, 0) is 9.59 Å². The molecule has 2 N–H and O–H groups in total. The number of thiocarbonyl (C=S) groups is 1. The van der Waals surface area contributed by atoms with Crippen LogP contribution in [0.15, 0.2) is 60.3 Å². The van der Waals surface area contributed by atoms with Crippen LogP contribution in [0.25, 0.3) is 6.08 Å². The lowest BCUT2D eigenvalue weighted by atomic mass is 10.1. The lowest BCUT2D eigenvalue weighted by molar-refractivity contribution is -0.139. The molecule has 0 atom stereocenters. The number of ether oxygens (including phenoxy) is 1. The van der Waals surface area contributed by atoms with E-state index in [1.807, 2.05) is 18.2 Å². The van der Waals surface area contributed by atoms with Gasteiger partial charge in [-0.2, -0.15) is 0 Å². The minimum atomic E-state index is -1.08. The molecule has 0 radical (unpaired) electrons. The van der Waals surface area contributed by atoms with E-state index in [0.717, 1.165) is 0 Å². The van der Waals surface area contributed by atoms with E-state index in [-0.39, 0.29) is 11.0 Å². The predicted octanol–water partition coefficient (Wildman–Crippen LogP) is 2.41. The van der Waals surface area contributed by atoms with Gasteiger partial charge in [-0.3, -0.25) is 9.69 Å². The van der Waals surface area contributed by atoms with Crippen molar-refractivity contribution < 1.29 is 19.4 Å². The monoisotopic (exact) mass is 354 g/mol. The van der Waals surface area contributed by atoms with Crippen molar-refractivity contribution >= 4 is 41.0 Å². The third kappa shape index (κ3) is 3.67. The second kappa shape index (κ2) is 7.14. The Bertz CT molecular complexity index is 864. The SMILES string of the molecule is O=C(O)COc1ccccc1C=C1NC(=S)N(c2ccccc2)C1=O. The summed E-state index contributed by atoms with van der Waals surface area (Å²) in [6.45, 7) is -0.462. The molecule has 0 aliphatic carbocycles. The summed E-state index contributed by atoms with van der Waals surface area (Å²) in [6, 6.07) is 15.9. The van der Waals surface area contributed by atoms with Gasteiger partial charge in [0.15, 0.2) is 11.7 Å². The van der Waals surface area contributed by atoms with Gasteiger partial charge in [-0.05, 0) is 36.5 Å². The van der Waals surface area contributed by atoms with Gasteiger partial charge in [0.05, 0.1) is 5.69 Å². The van der Waals surface area contributed by atoms with Gasteiger partial charge in [0.25, 0.3) is 5.91 Å². The summed E-state index contributed by atoms with van der Waals surface area (Å²) >= 11 is 5.26. The van der Waals surface area contributed by atoms with Gasteiger partial charge >= 0.3 is 5.97 Å². The van der Waals surface area contributed by atoms with Crippen molar-refractivity contribution in [3.05, 3.63) is 65.9 Å². The van der Waals surface area contributed by atoms with Crippen LogP contribution in [0.3, 0.4) is 0 Å². The van der Waals surface area contributed by atoms with Crippen molar-refractivity contribution in [3.8, 4) is 5.75 Å². The Hall–Kier alpha value is -3.19. The number of aliphatic carboxylic acids is 1. The Labute approximate surface area is 149 Å². The maximum absolute atomic E-state index is 12.7. The Morgan fingerprint density at radius 3 is 2.56 bits per heavy atom. The zero-order valence-electron chi connectivity index (χ0n) is 13.0. The first-order valence-electron chi connectivity index (χ1n) is 7.42. The molecule has 2 aromatic rings. The smallest absolute Gasteiger partial charge is 0.341 e. The number of benzene rings is 2. The highest BCUT2D eigenvalue weighted by Crippen LogP contribution is 2.25. The average molecular weight is 354 g/mol. The molecule has 6 nitrogen and oxygen atoms in total. The van der Waals surface area contributed by atoms with Crippen LogP contribution < -0.4 is 15.0 Å². The maximum atomic E-state index is 12.7. The number of anilines is 1. The second-order valence-corrected chi connectivity index (χ2v) is 5.57. The molecule has 1 aliphatic heterocycles. The van der Waals surface area contributed by atoms with Gasteiger partial charge in [0, 0.05) is 5.56 Å². The fourth-order valence-electron chi connectivity index (χ4n) is 2.37. The van der Waals surface area contributed by atoms with E-state index >= 15 is 0 Å². The number of carboxylic acid groups (broad SMARTS) is 1. The van der Waals surface area contributed by atoms with Gasteiger partial charge in [-0.15, -0.1) is 0 Å². The molecule has 0 spiro atoms. The van der Waals surface area contributed by atoms with E-state index in [0.29, 0.717) is 22.7 Å². The third-order valence-corrected chi connectivity index (χ3v) is 3.75. The number of carbonyl (C=O) groups excluding carboxylic acids is 1. The highest BCUT2D eigenvalue weighted by molar-refractivity contribution is 7.80. The van der Waals surface area contributed by atoms with Crippen molar-refractivity contribution in [1.82, 2.24) is 5.32 Å². The molecule has 126 valence electrons. The van der Waals surface area contributed by atoms with Crippen LogP contribution in [0.1, 0.15) is 5.56 Å². The first-order valence-corrected chi connectivity index (χ1v) is 7.83. The van der Waals surface area contributed by atoms with E-state index in [1.165, 1.54) is 4.90 Å². The van der Waals surface area contributed by atoms with Gasteiger partial charge in [0.1, 0.15) is 11.4 Å². The zero-order valence-corrected chi connectivity index (χ0v) is 13.8. The summed E-state index contributed by atoms with van der Waals surface area (Å²) in [5.41, 5.74) is 1.54. The van der Waals surface area contributed by atoms with Crippen LogP contribution in [-0.4, -0.2) is 28.7 Å². The third-order valence-electron chi connectivity index (χ3n) is 3.46. The highest BCUT2D eigenvalue weighted by Gasteiger charge is 2.31. The second-order valence-electron chi connectivity index (χ2n) is 5.18. The number of hydrogen-bond donors (Lipinski definition) is 2. The standard InChI is InChI=1S/C18H14N2O4S/c21-16(22)11-24-15-9-5-4-6-12(15)10-14-17(23)20(18(25)19-14)13-7-2-1-3-8-13/h1-10H,11H2,(H,19,25)(H,21,22). The summed E-state index contributed by atoms with van der Waals surface area (Å²) in [5, 5.41) is 11.9. The van der Waals surface area contributed by atoms with Crippen LogP contribution in [0.4, 0.5) is 5.69 Å². The van der Waals surface area contributed by atoms with Crippen molar-refractivity contribution in [2.75, 3.05) is 11.5 Å². The number of nitrogens with zero attached hydrogens (tertiary/aromatic N) is 1. The quantitative estimate of drug-likeness (QED) is 0.634. The molecule has 1 saturated heterocycles. The molecule has 0 bridgehead atoms. The van der Waals surface area contributed by atoms with Crippen LogP contribution in [0, 0.1) is 0 Å². The predicted molar refractivity (Wildman–Crippen MR) is 97.2 cm³/mol. The minimum Gasteiger partial charge on any atom is -0.481 e. The molecule has 1 fully saturated rings. The highest BCUT2D eigenvalue weighted by atomic mass is 32.1. The van der Waals surface area contributed by atoms with E-state index in [9.17, 15) is 9.59 Å². The molecule has 2 aromatic carbocycles. The van der Waals surface area contributed by atoms with Crippen molar-refractivity contribution in [2.45, 2.75) is 0 Å². The van der Waals surface area contributed by atoms with Gasteiger partial charge < -0.3 is 15.2 Å². The molecular weight excluding hydrogens is 340 g/mol. The number of amides is 1. The summed E-state index contributed by atoms with van der Waals surface area (Å²) in [6.07, 6.45) is 1.59. The summed E-state index contributed by atoms with van der Waals surface area (Å²) in [4.78, 5) is 24.8. The average Bonchev–Trinajstić information content (AvgIpc) is 2.88. The van der Waals surface area contributed by atoms with E-state index in [4.69, 9.17) is 22.1 Å². The zero-order chi connectivity index (χ0) is 17.8. The Balaban J connectivity index is 1.89. The Kier molecular flexibility index (Phi) is 4.76. The number of hydrogen-bond acceptors (Lipinski definition) is 4. The van der Waals surface area contributed by atoms with Crippen molar-refractivity contribution in [2.24, 2.45) is 0 Å². The Morgan fingerprint density at radius 1 is 1.16 bits per heavy atom. The molecule has 0 unspecified atom stereocenters. The molecule has 1 aliphatic rings. The lowest BCUT2D eigenvalue weighted by Gasteiger charge is -2.13. The molecule has 0 aromatic heterocycles. The van der Waals surface area contributed by atoms with Gasteiger partial charge in [0.2, 0.25) is 0 Å². The van der Waals surface area contributed by atoms with Crippen LogP contribution in [0.2, 0.25) is 0 Å². The minimum absolute atomic E-state index is 0.284. The number of carbonyl (C=O) groups is 2. The van der Waals surface area contributed by atoms with Gasteiger partial charge in [-0.1, -0.05) is 36.4 Å². The molecule has 7 heteroatoms. The number of rotatable bonds is 5. The number of para-hydroxylation sites is 2. The topological polar surface area (TPSA) is 78.9 Å². The maximum Gasteiger partial charge on any atom is 0.341 e. The largest absolute Gasteiger partial charge is 0.481 e. The molecule has 0 saturated carbocycles. The summed E-state index contributed by atoms with van der Waals surface area (Å²) in [5.74, 6) is -0.991. The van der Waals surface area contributed by atoms with Crippen LogP contribution in [0.5, 0.6) is 5.75 Å². The molecule has 3 rings (SSSR count). The van der Waals surface area contributed by atoms with E-state index in [1.54, 1.807) is 42.5 Å². The van der Waals surface area contributed by atoms with Crippen molar-refractivity contribution in [3.63, 3.8) is 0 Å². The first-order chi connectivity index (χ1) is 12.1. The molecular formula is C18H14N2O4S. The number of carboxylic acids is 1. The molecule has 1 amide bonds. The van der Waals surface area contributed by atoms with E-state index in [2.05, 4.69) is 5.32 Å². The van der Waals surface area contributed by atoms with Crippen LogP contribution >= 0.6 is 12.2 Å². The summed E-state index contributed by atoms with van der Waals surface area (Å²) in [7, 11) is 0. The lowest BCUT2D eigenvalue weighted by Crippen LogP contribution is -2.30. The molecule has 25 heavy (non-hydrogen) atoms. The summed E-state index contributed by atoms with van der Waals surface area (Å²) < 4.78 is 5.25.